The van der Waals surface area contributed by atoms with Crippen molar-refractivity contribution in [3.8, 4) is 0 Å². The monoisotopic (exact) mass is 270 g/mol. The standard InChI is InChI=1S/C16H24F2O/c1-3-4-5-6-7-8-9-16(2,19)13-10-14(17)12-15(18)11-13/h10-12,19H,3-9H2,1-2H3. The highest BCUT2D eigenvalue weighted by atomic mass is 19.1. The minimum atomic E-state index is -1.16. The zero-order chi connectivity index (χ0) is 14.3. The molecule has 0 saturated carbocycles. The first-order valence-electron chi connectivity index (χ1n) is 7.14. The van der Waals surface area contributed by atoms with Gasteiger partial charge in [0.15, 0.2) is 0 Å². The molecule has 1 rings (SSSR count). The van der Waals surface area contributed by atoms with Gasteiger partial charge in [0, 0.05) is 6.07 Å². The fourth-order valence-corrected chi connectivity index (χ4v) is 2.26. The number of benzene rings is 1. The minimum Gasteiger partial charge on any atom is -0.385 e. The summed E-state index contributed by atoms with van der Waals surface area (Å²) in [4.78, 5) is 0. The molecule has 1 nitrogen and oxygen atoms in total. The largest absolute Gasteiger partial charge is 0.385 e. The molecule has 1 aromatic carbocycles. The van der Waals surface area contributed by atoms with E-state index in [1.165, 1.54) is 31.4 Å². The normalized spacial score (nSPS) is 14.4. The summed E-state index contributed by atoms with van der Waals surface area (Å²) in [7, 11) is 0. The Bertz CT molecular complexity index is 368. The van der Waals surface area contributed by atoms with Gasteiger partial charge in [0.05, 0.1) is 5.60 Å². The van der Waals surface area contributed by atoms with Crippen LogP contribution in [0.4, 0.5) is 8.78 Å². The Morgan fingerprint density at radius 2 is 1.47 bits per heavy atom. The van der Waals surface area contributed by atoms with Gasteiger partial charge in [-0.1, -0.05) is 45.4 Å². The molecule has 0 bridgehead atoms. The number of halogens is 2. The molecule has 0 spiro atoms. The predicted octanol–water partition coefficient (Wildman–Crippen LogP) is 4.92. The quantitative estimate of drug-likeness (QED) is 0.664. The molecule has 1 unspecified atom stereocenters. The van der Waals surface area contributed by atoms with Crippen LogP contribution in [0.3, 0.4) is 0 Å². The number of unbranched alkanes of at least 4 members (excludes halogenated alkanes) is 5. The molecule has 1 atom stereocenters. The Hall–Kier alpha value is -0.960. The third-order valence-electron chi connectivity index (χ3n) is 3.50. The molecule has 3 heteroatoms. The van der Waals surface area contributed by atoms with Gasteiger partial charge >= 0.3 is 0 Å². The lowest BCUT2D eigenvalue weighted by molar-refractivity contribution is 0.0441. The summed E-state index contributed by atoms with van der Waals surface area (Å²) in [5.74, 6) is -1.28. The van der Waals surface area contributed by atoms with Crippen molar-refractivity contribution < 1.29 is 13.9 Å². The van der Waals surface area contributed by atoms with E-state index in [0.29, 0.717) is 12.0 Å². The molecule has 0 aromatic heterocycles. The highest BCUT2D eigenvalue weighted by molar-refractivity contribution is 5.23. The summed E-state index contributed by atoms with van der Waals surface area (Å²) < 4.78 is 26.3. The molecule has 0 aliphatic rings. The summed E-state index contributed by atoms with van der Waals surface area (Å²) >= 11 is 0. The molecular formula is C16H24F2O. The van der Waals surface area contributed by atoms with Gasteiger partial charge in [0.1, 0.15) is 11.6 Å². The van der Waals surface area contributed by atoms with Crippen molar-refractivity contribution in [2.24, 2.45) is 0 Å². The van der Waals surface area contributed by atoms with Crippen LogP contribution in [0.1, 0.15) is 64.4 Å². The van der Waals surface area contributed by atoms with Crippen LogP contribution in [0.15, 0.2) is 18.2 Å². The SMILES string of the molecule is CCCCCCCCC(C)(O)c1cc(F)cc(F)c1. The summed E-state index contributed by atoms with van der Waals surface area (Å²) in [6.45, 7) is 3.79. The molecular weight excluding hydrogens is 246 g/mol. The Morgan fingerprint density at radius 1 is 0.947 bits per heavy atom. The third-order valence-corrected chi connectivity index (χ3v) is 3.50. The first kappa shape index (κ1) is 16.1. The smallest absolute Gasteiger partial charge is 0.126 e. The van der Waals surface area contributed by atoms with Gasteiger partial charge in [-0.3, -0.25) is 0 Å². The van der Waals surface area contributed by atoms with Crippen LogP contribution >= 0.6 is 0 Å². The lowest BCUT2D eigenvalue weighted by atomic mass is 9.90. The van der Waals surface area contributed by atoms with Crippen LogP contribution in [0.25, 0.3) is 0 Å². The second kappa shape index (κ2) is 7.59. The number of hydrogen-bond acceptors (Lipinski definition) is 1. The van der Waals surface area contributed by atoms with Crippen molar-refractivity contribution in [2.75, 3.05) is 0 Å². The summed E-state index contributed by atoms with van der Waals surface area (Å²) in [5.41, 5.74) is -0.841. The van der Waals surface area contributed by atoms with E-state index in [9.17, 15) is 13.9 Å². The van der Waals surface area contributed by atoms with Crippen molar-refractivity contribution in [1.82, 2.24) is 0 Å². The van der Waals surface area contributed by atoms with E-state index in [1.54, 1.807) is 6.92 Å². The van der Waals surface area contributed by atoms with Gasteiger partial charge < -0.3 is 5.11 Å². The summed E-state index contributed by atoms with van der Waals surface area (Å²) in [6.07, 6.45) is 7.27. The Labute approximate surface area is 114 Å². The Kier molecular flexibility index (Phi) is 6.43. The van der Waals surface area contributed by atoms with E-state index in [4.69, 9.17) is 0 Å². The van der Waals surface area contributed by atoms with E-state index in [-0.39, 0.29) is 0 Å². The third kappa shape index (κ3) is 5.68. The topological polar surface area (TPSA) is 20.2 Å². The van der Waals surface area contributed by atoms with Gasteiger partial charge in [0.25, 0.3) is 0 Å². The second-order valence-electron chi connectivity index (χ2n) is 5.45. The van der Waals surface area contributed by atoms with Crippen LogP contribution in [-0.2, 0) is 5.60 Å². The lowest BCUT2D eigenvalue weighted by Gasteiger charge is -2.24. The van der Waals surface area contributed by atoms with Crippen molar-refractivity contribution in [3.05, 3.63) is 35.4 Å². The maximum absolute atomic E-state index is 13.1. The van der Waals surface area contributed by atoms with Gasteiger partial charge in [0.2, 0.25) is 0 Å². The zero-order valence-corrected chi connectivity index (χ0v) is 11.9. The van der Waals surface area contributed by atoms with Crippen molar-refractivity contribution >= 4 is 0 Å². The molecule has 1 aromatic rings. The van der Waals surface area contributed by atoms with E-state index in [1.807, 2.05) is 0 Å². The molecule has 0 saturated heterocycles. The average molecular weight is 270 g/mol. The molecule has 0 heterocycles. The van der Waals surface area contributed by atoms with Crippen LogP contribution in [0.2, 0.25) is 0 Å². The van der Waals surface area contributed by atoms with Crippen molar-refractivity contribution in [2.45, 2.75) is 64.4 Å². The molecule has 108 valence electrons. The van der Waals surface area contributed by atoms with Gasteiger partial charge in [-0.15, -0.1) is 0 Å². The molecule has 0 amide bonds. The van der Waals surface area contributed by atoms with Crippen LogP contribution < -0.4 is 0 Å². The fraction of sp³-hybridized carbons (Fsp3) is 0.625. The number of aliphatic hydroxyl groups is 1. The Balaban J connectivity index is 2.46. The van der Waals surface area contributed by atoms with E-state index in [2.05, 4.69) is 6.92 Å². The highest BCUT2D eigenvalue weighted by Gasteiger charge is 2.23. The maximum atomic E-state index is 13.1. The first-order valence-corrected chi connectivity index (χ1v) is 7.14. The summed E-state index contributed by atoms with van der Waals surface area (Å²) in [6, 6.07) is 3.24. The molecule has 0 radical (unpaired) electrons. The minimum absolute atomic E-state index is 0.318. The highest BCUT2D eigenvalue weighted by Crippen LogP contribution is 2.28. The van der Waals surface area contributed by atoms with E-state index in [0.717, 1.165) is 25.3 Å². The van der Waals surface area contributed by atoms with E-state index < -0.39 is 17.2 Å². The molecule has 0 aliphatic carbocycles. The Morgan fingerprint density at radius 3 is 2.05 bits per heavy atom. The number of rotatable bonds is 8. The van der Waals surface area contributed by atoms with Gasteiger partial charge in [-0.05, 0) is 31.0 Å². The predicted molar refractivity (Wildman–Crippen MR) is 73.9 cm³/mol. The fourth-order valence-electron chi connectivity index (χ4n) is 2.26. The van der Waals surface area contributed by atoms with Gasteiger partial charge in [-0.25, -0.2) is 8.78 Å². The average Bonchev–Trinajstić information content (AvgIpc) is 2.32. The molecule has 0 fully saturated rings. The molecule has 0 aliphatic heterocycles. The van der Waals surface area contributed by atoms with Crippen LogP contribution in [0.5, 0.6) is 0 Å². The molecule has 1 N–H and O–H groups in total. The summed E-state index contributed by atoms with van der Waals surface area (Å²) in [5, 5.41) is 10.3. The lowest BCUT2D eigenvalue weighted by Crippen LogP contribution is -2.21. The second-order valence-corrected chi connectivity index (χ2v) is 5.45. The maximum Gasteiger partial charge on any atom is 0.126 e. The van der Waals surface area contributed by atoms with Crippen molar-refractivity contribution in [3.63, 3.8) is 0 Å². The zero-order valence-electron chi connectivity index (χ0n) is 11.9. The van der Waals surface area contributed by atoms with Gasteiger partial charge in [-0.2, -0.15) is 0 Å². The first-order chi connectivity index (χ1) is 8.95. The molecule has 19 heavy (non-hydrogen) atoms. The van der Waals surface area contributed by atoms with Crippen molar-refractivity contribution in [1.29, 1.82) is 0 Å². The van der Waals surface area contributed by atoms with E-state index >= 15 is 0 Å². The number of hydrogen-bond donors (Lipinski definition) is 1. The van der Waals surface area contributed by atoms with Crippen LogP contribution in [-0.4, -0.2) is 5.11 Å². The van der Waals surface area contributed by atoms with Crippen LogP contribution in [0, 0.1) is 11.6 Å².